The van der Waals surface area contributed by atoms with Crippen LogP contribution in [-0.4, -0.2) is 57.4 Å². The second kappa shape index (κ2) is 8.41. The molecule has 0 amide bonds. The van der Waals surface area contributed by atoms with Crippen LogP contribution < -0.4 is 5.32 Å². The highest BCUT2D eigenvalue weighted by Gasteiger charge is 2.46. The van der Waals surface area contributed by atoms with E-state index in [-0.39, 0.29) is 30.4 Å². The molecule has 7 nitrogen and oxygen atoms in total. The first-order chi connectivity index (χ1) is 12.3. The van der Waals surface area contributed by atoms with Gasteiger partial charge >= 0.3 is 0 Å². The van der Waals surface area contributed by atoms with Crippen LogP contribution in [0.2, 0.25) is 0 Å². The van der Waals surface area contributed by atoms with Crippen molar-refractivity contribution in [1.29, 1.82) is 0 Å². The number of hydrogen-bond donors (Lipinski definition) is 1. The molecule has 3 fully saturated rings. The molecular weight excluding hydrogens is 389 g/mol. The van der Waals surface area contributed by atoms with Crippen molar-refractivity contribution >= 4 is 24.8 Å². The molecule has 3 aliphatic heterocycles. The molecule has 27 heavy (non-hydrogen) atoms. The van der Waals surface area contributed by atoms with E-state index in [2.05, 4.69) is 25.3 Å². The Morgan fingerprint density at radius 3 is 2.63 bits per heavy atom. The van der Waals surface area contributed by atoms with Crippen molar-refractivity contribution in [3.63, 3.8) is 0 Å². The molecule has 148 valence electrons. The van der Waals surface area contributed by atoms with Crippen molar-refractivity contribution in [2.24, 2.45) is 0 Å². The number of ether oxygens (including phenoxy) is 1. The topological polar surface area (TPSA) is 76.3 Å². The van der Waals surface area contributed by atoms with Crippen molar-refractivity contribution in [3.05, 3.63) is 30.4 Å². The lowest BCUT2D eigenvalue weighted by atomic mass is 9.86. The van der Waals surface area contributed by atoms with E-state index in [1.807, 2.05) is 12.1 Å². The lowest BCUT2D eigenvalue weighted by Crippen LogP contribution is -2.58. The van der Waals surface area contributed by atoms with Gasteiger partial charge < -0.3 is 14.6 Å². The maximum Gasteiger partial charge on any atom is 0.241 e. The maximum atomic E-state index is 6.27. The van der Waals surface area contributed by atoms with Crippen LogP contribution in [0.1, 0.15) is 31.6 Å². The number of piperidine rings is 1. The fourth-order valence-electron chi connectivity index (χ4n) is 4.64. The van der Waals surface area contributed by atoms with Crippen LogP contribution in [0, 0.1) is 0 Å². The van der Waals surface area contributed by atoms with Gasteiger partial charge in [-0.05, 0) is 37.8 Å². The Bertz CT molecular complexity index is 732. The van der Waals surface area contributed by atoms with Crippen molar-refractivity contribution < 1.29 is 9.26 Å². The zero-order chi connectivity index (χ0) is 16.7. The first kappa shape index (κ1) is 20.5. The third-order valence-corrected chi connectivity index (χ3v) is 5.66. The molecule has 2 bridgehead atoms. The van der Waals surface area contributed by atoms with E-state index in [1.165, 1.54) is 12.8 Å². The quantitative estimate of drug-likeness (QED) is 0.827. The number of rotatable bonds is 3. The summed E-state index contributed by atoms with van der Waals surface area (Å²) in [5.74, 6) is 1.29. The molecule has 5 heterocycles. The monoisotopic (exact) mass is 413 g/mol. The normalized spacial score (nSPS) is 29.9. The smallest absolute Gasteiger partial charge is 0.241 e. The molecule has 0 radical (unpaired) electrons. The van der Waals surface area contributed by atoms with E-state index in [0.29, 0.717) is 30.3 Å². The van der Waals surface area contributed by atoms with Gasteiger partial charge in [-0.25, -0.2) is 0 Å². The van der Waals surface area contributed by atoms with E-state index in [9.17, 15) is 0 Å². The second-order valence-corrected chi connectivity index (χ2v) is 7.54. The summed E-state index contributed by atoms with van der Waals surface area (Å²) in [7, 11) is 0. The molecule has 0 aliphatic carbocycles. The lowest BCUT2D eigenvalue weighted by molar-refractivity contribution is -0.134. The maximum absolute atomic E-state index is 6.27. The summed E-state index contributed by atoms with van der Waals surface area (Å²) in [6.07, 6.45) is 8.28. The van der Waals surface area contributed by atoms with E-state index >= 15 is 0 Å². The highest BCUT2D eigenvalue weighted by molar-refractivity contribution is 5.85. The van der Waals surface area contributed by atoms with Gasteiger partial charge in [0.1, 0.15) is 0 Å². The van der Waals surface area contributed by atoms with Gasteiger partial charge in [-0.2, -0.15) is 4.98 Å². The molecule has 5 rings (SSSR count). The van der Waals surface area contributed by atoms with Gasteiger partial charge in [0.25, 0.3) is 0 Å². The van der Waals surface area contributed by atoms with Crippen LogP contribution in [0.15, 0.2) is 29.0 Å². The summed E-state index contributed by atoms with van der Waals surface area (Å²) in [6.45, 7) is 3.34. The Morgan fingerprint density at radius 1 is 1.15 bits per heavy atom. The Kier molecular flexibility index (Phi) is 6.38. The van der Waals surface area contributed by atoms with Crippen LogP contribution in [0.3, 0.4) is 0 Å². The molecule has 3 saturated heterocycles. The molecule has 0 saturated carbocycles. The summed E-state index contributed by atoms with van der Waals surface area (Å²) in [5, 5.41) is 7.81. The largest absolute Gasteiger partial charge is 0.372 e. The summed E-state index contributed by atoms with van der Waals surface area (Å²) in [4.78, 5) is 11.0. The van der Waals surface area contributed by atoms with Gasteiger partial charge in [0.2, 0.25) is 11.7 Å². The molecule has 2 aromatic rings. The fraction of sp³-hybridized carbons (Fsp3) is 0.611. The van der Waals surface area contributed by atoms with E-state index in [1.54, 1.807) is 12.4 Å². The minimum absolute atomic E-state index is 0. The summed E-state index contributed by atoms with van der Waals surface area (Å²) in [6, 6.07) is 5.03. The van der Waals surface area contributed by atoms with Crippen LogP contribution in [0.4, 0.5) is 0 Å². The van der Waals surface area contributed by atoms with Crippen LogP contribution in [-0.2, 0) is 11.3 Å². The lowest BCUT2D eigenvalue weighted by Gasteiger charge is -2.47. The SMILES string of the molecule is Cl.Cl.c1cc(-c2noc(CN3CCOC4(C[C@H]5CC[C@@H](C4)N5)C3)n2)ccn1. The highest BCUT2D eigenvalue weighted by atomic mass is 35.5. The molecule has 1 spiro atoms. The standard InChI is InChI=1S/C18H23N5O2.2ClH/c1-2-15-10-18(9-14(1)20-15)12-23(7-8-24-18)11-16-21-17(22-25-16)13-3-5-19-6-4-13;;/h3-6,14-15,20H,1-2,7-12H2;2*1H/t14-,15+,18?;;. The Morgan fingerprint density at radius 2 is 1.89 bits per heavy atom. The molecule has 1 N–H and O–H groups in total. The average molecular weight is 414 g/mol. The van der Waals surface area contributed by atoms with Crippen molar-refractivity contribution in [1.82, 2.24) is 25.3 Å². The minimum Gasteiger partial charge on any atom is -0.372 e. The van der Waals surface area contributed by atoms with Gasteiger partial charge in [0.05, 0.1) is 18.8 Å². The number of halogens is 2. The van der Waals surface area contributed by atoms with Gasteiger partial charge in [0, 0.05) is 43.1 Å². The number of pyridine rings is 1. The first-order valence-electron chi connectivity index (χ1n) is 9.13. The summed E-state index contributed by atoms with van der Waals surface area (Å²) >= 11 is 0. The van der Waals surface area contributed by atoms with Gasteiger partial charge in [-0.15, -0.1) is 24.8 Å². The first-order valence-corrected chi connectivity index (χ1v) is 9.13. The van der Waals surface area contributed by atoms with Gasteiger partial charge in [0.15, 0.2) is 0 Å². The van der Waals surface area contributed by atoms with Crippen molar-refractivity contribution in [2.45, 2.75) is 49.9 Å². The molecule has 1 unspecified atom stereocenters. The molecule has 3 atom stereocenters. The Balaban J connectivity index is 0.00000105. The Labute approximate surface area is 171 Å². The van der Waals surface area contributed by atoms with Gasteiger partial charge in [-0.1, -0.05) is 5.16 Å². The van der Waals surface area contributed by atoms with E-state index < -0.39 is 0 Å². The molecule has 9 heteroatoms. The second-order valence-electron chi connectivity index (χ2n) is 7.54. The van der Waals surface area contributed by atoms with Crippen LogP contribution in [0.25, 0.3) is 11.4 Å². The minimum atomic E-state index is 0. The van der Waals surface area contributed by atoms with Crippen molar-refractivity contribution in [2.75, 3.05) is 19.7 Å². The molecule has 0 aromatic carbocycles. The van der Waals surface area contributed by atoms with E-state index in [0.717, 1.165) is 38.1 Å². The van der Waals surface area contributed by atoms with Crippen LogP contribution >= 0.6 is 24.8 Å². The Hall–Kier alpha value is -1.25. The predicted molar refractivity (Wildman–Crippen MR) is 105 cm³/mol. The van der Waals surface area contributed by atoms with E-state index in [4.69, 9.17) is 9.26 Å². The number of hydrogen-bond acceptors (Lipinski definition) is 7. The fourth-order valence-corrected chi connectivity index (χ4v) is 4.64. The van der Waals surface area contributed by atoms with Crippen molar-refractivity contribution in [3.8, 4) is 11.4 Å². The number of fused-ring (bicyclic) bond motifs is 2. The zero-order valence-electron chi connectivity index (χ0n) is 15.0. The summed E-state index contributed by atoms with van der Waals surface area (Å²) in [5.41, 5.74) is 0.932. The third kappa shape index (κ3) is 4.27. The number of nitrogens with zero attached hydrogens (tertiary/aromatic N) is 4. The highest BCUT2D eigenvalue weighted by Crippen LogP contribution is 2.38. The number of morpholine rings is 1. The molecule has 2 aromatic heterocycles. The van der Waals surface area contributed by atoms with Gasteiger partial charge in [-0.3, -0.25) is 9.88 Å². The zero-order valence-corrected chi connectivity index (χ0v) is 16.7. The predicted octanol–water partition coefficient (Wildman–Crippen LogP) is 2.46. The average Bonchev–Trinajstić information content (AvgIpc) is 3.22. The number of nitrogens with one attached hydrogen (secondary N) is 1. The molecule has 3 aliphatic rings. The van der Waals surface area contributed by atoms with Crippen LogP contribution in [0.5, 0.6) is 0 Å². The third-order valence-electron chi connectivity index (χ3n) is 5.66. The summed E-state index contributed by atoms with van der Waals surface area (Å²) < 4.78 is 11.8. The molecular formula is C18H25Cl2N5O2. The number of aromatic nitrogens is 3.